The minimum absolute atomic E-state index is 0.201. The Labute approximate surface area is 102 Å². The van der Waals surface area contributed by atoms with Crippen molar-refractivity contribution in [1.29, 1.82) is 0 Å². The molecular weight excluding hydrogens is 217 g/mol. The molecule has 0 fully saturated rings. The second-order valence-electron chi connectivity index (χ2n) is 4.14. The van der Waals surface area contributed by atoms with E-state index in [1.807, 2.05) is 17.9 Å². The third-order valence-electron chi connectivity index (χ3n) is 2.68. The molecule has 0 amide bonds. The molecule has 0 aromatic heterocycles. The maximum absolute atomic E-state index is 13.5. The van der Waals surface area contributed by atoms with Gasteiger partial charge in [0.25, 0.3) is 0 Å². The molecule has 1 atom stereocenters. The Bertz CT molecular complexity index is 354. The maximum atomic E-state index is 13.5. The van der Waals surface area contributed by atoms with Crippen molar-refractivity contribution in [3.05, 3.63) is 48.3 Å². The van der Waals surface area contributed by atoms with E-state index in [1.54, 1.807) is 18.2 Å². The van der Waals surface area contributed by atoms with Crippen molar-refractivity contribution < 1.29 is 9.50 Å². The predicted molar refractivity (Wildman–Crippen MR) is 68.2 cm³/mol. The van der Waals surface area contributed by atoms with Gasteiger partial charge in [-0.1, -0.05) is 31.2 Å². The molecule has 17 heavy (non-hydrogen) atoms. The maximum Gasteiger partial charge on any atom is 0.127 e. The quantitative estimate of drug-likeness (QED) is 0.737. The first-order valence-electron chi connectivity index (χ1n) is 5.92. The molecule has 94 valence electrons. The van der Waals surface area contributed by atoms with Crippen LogP contribution in [-0.4, -0.2) is 29.2 Å². The molecule has 0 unspecified atom stereocenters. The number of aliphatic hydroxyl groups excluding tert-OH is 1. The number of nitrogens with zero attached hydrogens (tertiary/aromatic N) is 1. The molecule has 1 aromatic carbocycles. The SMILES string of the molecule is C=CCN(Cc1ccccc1F)C[C@H](O)CC. The summed E-state index contributed by atoms with van der Waals surface area (Å²) in [6.07, 6.45) is 2.09. The number of aliphatic hydroxyl groups is 1. The van der Waals surface area contributed by atoms with Crippen molar-refractivity contribution in [2.75, 3.05) is 13.1 Å². The molecule has 0 radical (unpaired) electrons. The van der Waals surface area contributed by atoms with Crippen molar-refractivity contribution in [3.63, 3.8) is 0 Å². The second kappa shape index (κ2) is 7.20. The second-order valence-corrected chi connectivity index (χ2v) is 4.14. The molecule has 3 heteroatoms. The molecule has 0 bridgehead atoms. The topological polar surface area (TPSA) is 23.5 Å². The molecular formula is C14H20FNO. The fourth-order valence-electron chi connectivity index (χ4n) is 1.68. The van der Waals surface area contributed by atoms with Crippen molar-refractivity contribution in [1.82, 2.24) is 4.90 Å². The Balaban J connectivity index is 2.66. The van der Waals surface area contributed by atoms with Crippen molar-refractivity contribution in [2.24, 2.45) is 0 Å². The van der Waals surface area contributed by atoms with Gasteiger partial charge in [0, 0.05) is 25.2 Å². The van der Waals surface area contributed by atoms with Crippen molar-refractivity contribution in [3.8, 4) is 0 Å². The standard InChI is InChI=1S/C14H20FNO/c1-3-9-16(11-13(17)4-2)10-12-7-5-6-8-14(12)15/h3,5-8,13,17H,1,4,9-11H2,2H3/t13-/m1/s1. The van der Waals surface area contributed by atoms with Crippen molar-refractivity contribution in [2.45, 2.75) is 26.0 Å². The normalized spacial score (nSPS) is 12.7. The Morgan fingerprint density at radius 2 is 2.18 bits per heavy atom. The Morgan fingerprint density at radius 1 is 1.47 bits per heavy atom. The summed E-state index contributed by atoms with van der Waals surface area (Å²) in [4.78, 5) is 1.99. The van der Waals surface area contributed by atoms with Crippen LogP contribution in [0.2, 0.25) is 0 Å². The molecule has 1 aromatic rings. The summed E-state index contributed by atoms with van der Waals surface area (Å²) in [5.41, 5.74) is 0.651. The van der Waals surface area contributed by atoms with Crippen LogP contribution in [0, 0.1) is 5.82 Å². The number of benzene rings is 1. The molecule has 1 rings (SSSR count). The van der Waals surface area contributed by atoms with Gasteiger partial charge in [-0.25, -0.2) is 4.39 Å². The number of rotatable bonds is 7. The zero-order chi connectivity index (χ0) is 12.7. The third kappa shape index (κ3) is 4.67. The summed E-state index contributed by atoms with van der Waals surface area (Å²) in [7, 11) is 0. The van der Waals surface area contributed by atoms with Crippen LogP contribution in [0.15, 0.2) is 36.9 Å². The van der Waals surface area contributed by atoms with E-state index >= 15 is 0 Å². The first-order valence-corrected chi connectivity index (χ1v) is 5.92. The summed E-state index contributed by atoms with van der Waals surface area (Å²) >= 11 is 0. The number of hydrogen-bond acceptors (Lipinski definition) is 2. The Morgan fingerprint density at radius 3 is 2.76 bits per heavy atom. The van der Waals surface area contributed by atoms with E-state index in [9.17, 15) is 9.50 Å². The lowest BCUT2D eigenvalue weighted by Crippen LogP contribution is -2.32. The van der Waals surface area contributed by atoms with Crippen LogP contribution in [0.25, 0.3) is 0 Å². The van der Waals surface area contributed by atoms with Crippen LogP contribution in [0.1, 0.15) is 18.9 Å². The highest BCUT2D eigenvalue weighted by Crippen LogP contribution is 2.10. The fourth-order valence-corrected chi connectivity index (χ4v) is 1.68. The van der Waals surface area contributed by atoms with E-state index in [1.165, 1.54) is 6.07 Å². The lowest BCUT2D eigenvalue weighted by molar-refractivity contribution is 0.111. The van der Waals surface area contributed by atoms with Gasteiger partial charge in [-0.3, -0.25) is 4.90 Å². The Kier molecular flexibility index (Phi) is 5.87. The molecule has 1 N–H and O–H groups in total. The molecule has 0 aliphatic carbocycles. The van der Waals surface area contributed by atoms with Gasteiger partial charge in [0.1, 0.15) is 5.82 Å². The molecule has 0 aliphatic heterocycles. The Hall–Kier alpha value is -1.19. The van der Waals surface area contributed by atoms with Gasteiger partial charge in [-0.2, -0.15) is 0 Å². The van der Waals surface area contributed by atoms with Crippen LogP contribution >= 0.6 is 0 Å². The van der Waals surface area contributed by atoms with Gasteiger partial charge in [0.05, 0.1) is 6.10 Å². The zero-order valence-corrected chi connectivity index (χ0v) is 10.3. The molecule has 0 saturated heterocycles. The van der Waals surface area contributed by atoms with Gasteiger partial charge < -0.3 is 5.11 Å². The highest BCUT2D eigenvalue weighted by molar-refractivity contribution is 5.17. The molecule has 0 spiro atoms. The largest absolute Gasteiger partial charge is 0.392 e. The van der Waals surface area contributed by atoms with E-state index in [-0.39, 0.29) is 11.9 Å². The molecule has 0 heterocycles. The van der Waals surface area contributed by atoms with Crippen LogP contribution in [0.3, 0.4) is 0 Å². The van der Waals surface area contributed by atoms with E-state index in [2.05, 4.69) is 6.58 Å². The highest BCUT2D eigenvalue weighted by Gasteiger charge is 2.11. The predicted octanol–water partition coefficient (Wildman–Crippen LogP) is 2.58. The smallest absolute Gasteiger partial charge is 0.127 e. The van der Waals surface area contributed by atoms with E-state index in [0.717, 1.165) is 0 Å². The van der Waals surface area contributed by atoms with Crippen LogP contribution in [0.5, 0.6) is 0 Å². The average Bonchev–Trinajstić information content (AvgIpc) is 2.32. The number of halogens is 1. The summed E-state index contributed by atoms with van der Waals surface area (Å²) in [5, 5.41) is 9.63. The van der Waals surface area contributed by atoms with E-state index < -0.39 is 0 Å². The van der Waals surface area contributed by atoms with E-state index in [0.29, 0.717) is 31.6 Å². The lowest BCUT2D eigenvalue weighted by Gasteiger charge is -2.23. The first kappa shape index (κ1) is 13.9. The lowest BCUT2D eigenvalue weighted by atomic mass is 10.2. The van der Waals surface area contributed by atoms with Gasteiger partial charge in [0.2, 0.25) is 0 Å². The summed E-state index contributed by atoms with van der Waals surface area (Å²) in [6.45, 7) is 7.29. The monoisotopic (exact) mass is 237 g/mol. The van der Waals surface area contributed by atoms with E-state index in [4.69, 9.17) is 0 Å². The summed E-state index contributed by atoms with van der Waals surface area (Å²) in [6, 6.07) is 6.72. The molecule has 2 nitrogen and oxygen atoms in total. The number of hydrogen-bond donors (Lipinski definition) is 1. The van der Waals surface area contributed by atoms with Gasteiger partial charge in [0.15, 0.2) is 0 Å². The highest BCUT2D eigenvalue weighted by atomic mass is 19.1. The molecule has 0 saturated carbocycles. The van der Waals surface area contributed by atoms with Crippen LogP contribution in [0.4, 0.5) is 4.39 Å². The summed E-state index contributed by atoms with van der Waals surface area (Å²) in [5.74, 6) is -0.201. The van der Waals surface area contributed by atoms with Gasteiger partial charge in [-0.15, -0.1) is 6.58 Å². The minimum atomic E-state index is -0.373. The van der Waals surface area contributed by atoms with Crippen molar-refractivity contribution >= 4 is 0 Å². The average molecular weight is 237 g/mol. The van der Waals surface area contributed by atoms with Crippen LogP contribution in [-0.2, 0) is 6.54 Å². The minimum Gasteiger partial charge on any atom is -0.392 e. The third-order valence-corrected chi connectivity index (χ3v) is 2.68. The fraction of sp³-hybridized carbons (Fsp3) is 0.429. The van der Waals surface area contributed by atoms with Crippen LogP contribution < -0.4 is 0 Å². The zero-order valence-electron chi connectivity index (χ0n) is 10.3. The van der Waals surface area contributed by atoms with Gasteiger partial charge >= 0.3 is 0 Å². The summed E-state index contributed by atoms with van der Waals surface area (Å²) < 4.78 is 13.5. The molecule has 0 aliphatic rings. The first-order chi connectivity index (χ1) is 8.17. The van der Waals surface area contributed by atoms with Gasteiger partial charge in [-0.05, 0) is 12.5 Å².